The molecule has 0 aliphatic rings. The van der Waals surface area contributed by atoms with E-state index in [1.54, 1.807) is 7.11 Å². The highest BCUT2D eigenvalue weighted by Gasteiger charge is 2.18. The Morgan fingerprint density at radius 1 is 0.667 bits per heavy atom. The van der Waals surface area contributed by atoms with Crippen LogP contribution in [0.5, 0.6) is 5.75 Å². The van der Waals surface area contributed by atoms with Gasteiger partial charge in [0.2, 0.25) is 0 Å². The van der Waals surface area contributed by atoms with Crippen molar-refractivity contribution < 1.29 is 4.74 Å². The fraction of sp³-hybridized carbons (Fsp3) is 0.0400. The van der Waals surface area contributed by atoms with E-state index in [9.17, 15) is 0 Å². The lowest BCUT2D eigenvalue weighted by atomic mass is 10.1. The summed E-state index contributed by atoms with van der Waals surface area (Å²) in [5.74, 6) is 1.66. The minimum absolute atomic E-state index is 0.820. The highest BCUT2D eigenvalue weighted by molar-refractivity contribution is 5.68. The van der Waals surface area contributed by atoms with Crippen molar-refractivity contribution in [1.29, 1.82) is 0 Å². The zero-order valence-electron chi connectivity index (χ0n) is 16.5. The Labute approximate surface area is 174 Å². The molecule has 5 heteroatoms. The first-order chi connectivity index (χ1) is 14.8. The standard InChI is InChI=1S/C25H20N4O/c1-30-22-14-12-20(13-15-22)24-17-27-25(21-10-6-3-7-11-21)29(24)28-18-26-16-23(28)19-8-4-2-5-9-19/h2-18H,1H3. The van der Waals surface area contributed by atoms with Gasteiger partial charge in [0.25, 0.3) is 0 Å². The second-order valence-corrected chi connectivity index (χ2v) is 6.86. The number of methoxy groups -OCH3 is 1. The van der Waals surface area contributed by atoms with E-state index >= 15 is 0 Å². The van der Waals surface area contributed by atoms with Crippen molar-refractivity contribution in [3.8, 4) is 39.7 Å². The first kappa shape index (κ1) is 17.9. The maximum Gasteiger partial charge on any atom is 0.159 e. The molecule has 0 aliphatic carbocycles. The summed E-state index contributed by atoms with van der Waals surface area (Å²) in [6.45, 7) is 0. The maximum atomic E-state index is 5.32. The van der Waals surface area contributed by atoms with Gasteiger partial charge in [0, 0.05) is 16.7 Å². The van der Waals surface area contributed by atoms with Gasteiger partial charge in [-0.15, -0.1) is 0 Å². The van der Waals surface area contributed by atoms with E-state index in [0.29, 0.717) is 0 Å². The van der Waals surface area contributed by atoms with E-state index in [1.165, 1.54) is 0 Å². The SMILES string of the molecule is COc1ccc(-c2cnc(-c3ccccc3)n2-n2cncc2-c2ccccc2)cc1. The van der Waals surface area contributed by atoms with Crippen LogP contribution in [0, 0.1) is 0 Å². The van der Waals surface area contributed by atoms with Crippen LogP contribution in [0.4, 0.5) is 0 Å². The minimum atomic E-state index is 0.820. The van der Waals surface area contributed by atoms with Crippen molar-refractivity contribution >= 4 is 0 Å². The molecule has 0 radical (unpaired) electrons. The quantitative estimate of drug-likeness (QED) is 0.402. The predicted octanol–water partition coefficient (Wildman–Crippen LogP) is 5.40. The highest BCUT2D eigenvalue weighted by Crippen LogP contribution is 2.30. The lowest BCUT2D eigenvalue weighted by molar-refractivity contribution is 0.415. The number of hydrogen-bond acceptors (Lipinski definition) is 3. The first-order valence-electron chi connectivity index (χ1n) is 9.71. The third-order valence-corrected chi connectivity index (χ3v) is 5.06. The molecule has 0 spiro atoms. The fourth-order valence-corrected chi connectivity index (χ4v) is 3.57. The Morgan fingerprint density at radius 3 is 1.97 bits per heavy atom. The topological polar surface area (TPSA) is 44.9 Å². The normalized spacial score (nSPS) is 10.8. The summed E-state index contributed by atoms with van der Waals surface area (Å²) in [4.78, 5) is 9.22. The molecule has 5 aromatic rings. The molecular formula is C25H20N4O. The van der Waals surface area contributed by atoms with E-state index in [2.05, 4.69) is 33.9 Å². The average molecular weight is 392 g/mol. The van der Waals surface area contributed by atoms with Gasteiger partial charge < -0.3 is 4.74 Å². The fourth-order valence-electron chi connectivity index (χ4n) is 3.57. The Bertz CT molecular complexity index is 1260. The molecule has 0 fully saturated rings. The minimum Gasteiger partial charge on any atom is -0.497 e. The van der Waals surface area contributed by atoms with Crippen LogP contribution in [0.2, 0.25) is 0 Å². The van der Waals surface area contributed by atoms with Crippen LogP contribution in [-0.4, -0.2) is 26.4 Å². The van der Waals surface area contributed by atoms with Crippen molar-refractivity contribution in [2.24, 2.45) is 0 Å². The number of aromatic nitrogens is 4. The molecule has 0 unspecified atom stereocenters. The van der Waals surface area contributed by atoms with Crippen LogP contribution in [-0.2, 0) is 0 Å². The number of hydrogen-bond donors (Lipinski definition) is 0. The van der Waals surface area contributed by atoms with Crippen molar-refractivity contribution in [1.82, 2.24) is 19.3 Å². The molecule has 0 N–H and O–H groups in total. The molecule has 0 amide bonds. The van der Waals surface area contributed by atoms with E-state index in [4.69, 9.17) is 9.72 Å². The van der Waals surface area contributed by atoms with Crippen LogP contribution >= 0.6 is 0 Å². The monoisotopic (exact) mass is 392 g/mol. The summed E-state index contributed by atoms with van der Waals surface area (Å²) < 4.78 is 9.47. The van der Waals surface area contributed by atoms with E-state index in [0.717, 1.165) is 39.7 Å². The van der Waals surface area contributed by atoms with Crippen molar-refractivity contribution in [3.05, 3.63) is 104 Å². The molecule has 2 aromatic heterocycles. The molecule has 0 bridgehead atoms. The third kappa shape index (κ3) is 3.16. The largest absolute Gasteiger partial charge is 0.497 e. The van der Waals surface area contributed by atoms with Crippen molar-refractivity contribution in [2.75, 3.05) is 7.11 Å². The van der Waals surface area contributed by atoms with Crippen molar-refractivity contribution in [2.45, 2.75) is 0 Å². The summed E-state index contributed by atoms with van der Waals surface area (Å²) in [6.07, 6.45) is 5.60. The summed E-state index contributed by atoms with van der Waals surface area (Å²) in [5, 5.41) is 0. The molecular weight excluding hydrogens is 372 g/mol. The number of imidazole rings is 2. The van der Waals surface area contributed by atoms with Gasteiger partial charge in [-0.1, -0.05) is 60.7 Å². The Hall–Kier alpha value is -4.12. The molecule has 5 nitrogen and oxygen atoms in total. The molecule has 0 aliphatic heterocycles. The zero-order chi connectivity index (χ0) is 20.3. The Balaban J connectivity index is 1.74. The van der Waals surface area contributed by atoms with Crippen LogP contribution in [0.25, 0.3) is 33.9 Å². The molecule has 30 heavy (non-hydrogen) atoms. The molecule has 0 saturated heterocycles. The van der Waals surface area contributed by atoms with Gasteiger partial charge in [-0.05, 0) is 24.3 Å². The molecule has 2 heterocycles. The summed E-state index contributed by atoms with van der Waals surface area (Å²) in [5.41, 5.74) is 5.11. The van der Waals surface area contributed by atoms with Crippen LogP contribution in [0.3, 0.4) is 0 Å². The molecule has 0 saturated carbocycles. The van der Waals surface area contributed by atoms with Gasteiger partial charge in [-0.25, -0.2) is 19.3 Å². The van der Waals surface area contributed by atoms with E-state index in [1.807, 2.05) is 84.1 Å². The Morgan fingerprint density at radius 2 is 1.30 bits per heavy atom. The number of ether oxygens (including phenoxy) is 1. The Kier molecular flexibility index (Phi) is 4.62. The van der Waals surface area contributed by atoms with Crippen molar-refractivity contribution in [3.63, 3.8) is 0 Å². The van der Waals surface area contributed by atoms with Gasteiger partial charge in [-0.2, -0.15) is 0 Å². The lowest BCUT2D eigenvalue weighted by Gasteiger charge is -2.16. The predicted molar refractivity (Wildman–Crippen MR) is 118 cm³/mol. The maximum absolute atomic E-state index is 5.32. The summed E-state index contributed by atoms with van der Waals surface area (Å²) >= 11 is 0. The molecule has 0 atom stereocenters. The molecule has 3 aromatic carbocycles. The smallest absolute Gasteiger partial charge is 0.159 e. The van der Waals surface area contributed by atoms with Gasteiger partial charge in [0.05, 0.1) is 30.9 Å². The van der Waals surface area contributed by atoms with Gasteiger partial charge in [0.15, 0.2) is 5.82 Å². The molecule has 146 valence electrons. The number of rotatable bonds is 5. The van der Waals surface area contributed by atoms with Gasteiger partial charge in [0.1, 0.15) is 12.1 Å². The van der Waals surface area contributed by atoms with Gasteiger partial charge in [-0.3, -0.25) is 0 Å². The van der Waals surface area contributed by atoms with Crippen LogP contribution in [0.15, 0.2) is 104 Å². The second-order valence-electron chi connectivity index (χ2n) is 6.86. The number of nitrogens with zero attached hydrogens (tertiary/aromatic N) is 4. The summed E-state index contributed by atoms with van der Waals surface area (Å²) in [7, 11) is 1.67. The van der Waals surface area contributed by atoms with Crippen LogP contribution < -0.4 is 4.74 Å². The molecule has 5 rings (SSSR count). The van der Waals surface area contributed by atoms with E-state index in [-0.39, 0.29) is 0 Å². The van der Waals surface area contributed by atoms with Crippen LogP contribution in [0.1, 0.15) is 0 Å². The first-order valence-corrected chi connectivity index (χ1v) is 9.71. The second kappa shape index (κ2) is 7.72. The zero-order valence-corrected chi connectivity index (χ0v) is 16.5. The highest BCUT2D eigenvalue weighted by atomic mass is 16.5. The number of benzene rings is 3. The average Bonchev–Trinajstić information content (AvgIpc) is 3.47. The van der Waals surface area contributed by atoms with E-state index < -0.39 is 0 Å². The third-order valence-electron chi connectivity index (χ3n) is 5.06. The summed E-state index contributed by atoms with van der Waals surface area (Å²) in [6, 6.07) is 28.4. The lowest BCUT2D eigenvalue weighted by Crippen LogP contribution is -2.12. The van der Waals surface area contributed by atoms with Gasteiger partial charge >= 0.3 is 0 Å².